The van der Waals surface area contributed by atoms with Crippen molar-refractivity contribution in [1.29, 1.82) is 0 Å². The number of rotatable bonds is 2. The van der Waals surface area contributed by atoms with E-state index in [1.807, 2.05) is 85.8 Å². The van der Waals surface area contributed by atoms with Crippen LogP contribution in [0.3, 0.4) is 0 Å². The number of nitrogens with zero attached hydrogens (tertiary/aromatic N) is 2. The maximum atomic E-state index is 13.3. The summed E-state index contributed by atoms with van der Waals surface area (Å²) in [4.78, 5) is 18.1. The maximum Gasteiger partial charge on any atom is 0.266 e. The smallest absolute Gasteiger partial charge is 0.266 e. The zero-order chi connectivity index (χ0) is 16.5. The van der Waals surface area contributed by atoms with Gasteiger partial charge < -0.3 is 0 Å². The second-order valence-electron chi connectivity index (χ2n) is 5.73. The highest BCUT2D eigenvalue weighted by molar-refractivity contribution is 5.81. The highest BCUT2D eigenvalue weighted by Gasteiger charge is 2.16. The minimum absolute atomic E-state index is 0.0387. The molecule has 0 amide bonds. The van der Waals surface area contributed by atoms with E-state index in [9.17, 15) is 4.79 Å². The van der Waals surface area contributed by atoms with Gasteiger partial charge in [-0.05, 0) is 24.6 Å². The van der Waals surface area contributed by atoms with Crippen LogP contribution in [-0.2, 0) is 0 Å². The number of aryl methyl sites for hydroxylation is 1. The third-order valence-electron chi connectivity index (χ3n) is 4.15. The van der Waals surface area contributed by atoms with E-state index in [1.165, 1.54) is 0 Å². The van der Waals surface area contributed by atoms with Crippen molar-refractivity contribution in [2.75, 3.05) is 0 Å². The van der Waals surface area contributed by atoms with Crippen molar-refractivity contribution >= 4 is 5.65 Å². The van der Waals surface area contributed by atoms with Gasteiger partial charge in [0.15, 0.2) is 0 Å². The molecule has 4 aromatic rings. The fourth-order valence-corrected chi connectivity index (χ4v) is 3.01. The first-order valence-electron chi connectivity index (χ1n) is 7.89. The van der Waals surface area contributed by atoms with Crippen LogP contribution in [0.2, 0.25) is 0 Å². The summed E-state index contributed by atoms with van der Waals surface area (Å²) in [5.41, 5.74) is 4.68. The van der Waals surface area contributed by atoms with Crippen LogP contribution in [0.15, 0.2) is 83.7 Å². The number of hydrogen-bond donors (Lipinski definition) is 0. The van der Waals surface area contributed by atoms with Crippen molar-refractivity contribution in [3.8, 4) is 22.4 Å². The van der Waals surface area contributed by atoms with Crippen LogP contribution >= 0.6 is 0 Å². The molecule has 4 rings (SSSR count). The molecule has 0 atom stereocenters. The molecule has 0 fully saturated rings. The fraction of sp³-hybridized carbons (Fsp3) is 0.0476. The Morgan fingerprint density at radius 2 is 1.38 bits per heavy atom. The highest BCUT2D eigenvalue weighted by atomic mass is 16.1. The second-order valence-corrected chi connectivity index (χ2v) is 5.73. The number of benzene rings is 2. The summed E-state index contributed by atoms with van der Waals surface area (Å²) < 4.78 is 1.68. The van der Waals surface area contributed by atoms with Crippen LogP contribution < -0.4 is 5.56 Å². The van der Waals surface area contributed by atoms with Gasteiger partial charge in [0.25, 0.3) is 5.56 Å². The van der Waals surface area contributed by atoms with Gasteiger partial charge in [-0.1, -0.05) is 66.7 Å². The molecule has 2 heterocycles. The molecular formula is C21H16N2O. The lowest BCUT2D eigenvalue weighted by Crippen LogP contribution is -2.20. The zero-order valence-corrected chi connectivity index (χ0v) is 13.3. The Kier molecular flexibility index (Phi) is 3.47. The van der Waals surface area contributed by atoms with E-state index in [0.717, 1.165) is 22.5 Å². The van der Waals surface area contributed by atoms with Gasteiger partial charge in [-0.3, -0.25) is 9.20 Å². The first kappa shape index (κ1) is 14.4. The molecule has 0 saturated carbocycles. The molecule has 3 nitrogen and oxygen atoms in total. The molecule has 0 aliphatic heterocycles. The summed E-state index contributed by atoms with van der Waals surface area (Å²) in [7, 11) is 0. The average molecular weight is 312 g/mol. The highest BCUT2D eigenvalue weighted by Crippen LogP contribution is 2.28. The molecule has 2 aromatic carbocycles. The third-order valence-corrected chi connectivity index (χ3v) is 4.15. The Hall–Kier alpha value is -3.20. The van der Waals surface area contributed by atoms with Gasteiger partial charge in [-0.25, -0.2) is 4.98 Å². The number of fused-ring (bicyclic) bond motifs is 1. The summed E-state index contributed by atoms with van der Waals surface area (Å²) in [6.07, 6.45) is 0. The van der Waals surface area contributed by atoms with E-state index in [-0.39, 0.29) is 5.56 Å². The quantitative estimate of drug-likeness (QED) is 0.552. The summed E-state index contributed by atoms with van der Waals surface area (Å²) in [5.74, 6) is 0. The van der Waals surface area contributed by atoms with Crippen molar-refractivity contribution in [3.05, 3.63) is 94.9 Å². The van der Waals surface area contributed by atoms with Gasteiger partial charge in [0, 0.05) is 11.3 Å². The Balaban J connectivity index is 2.17. The Morgan fingerprint density at radius 1 is 0.750 bits per heavy atom. The second kappa shape index (κ2) is 5.78. The monoisotopic (exact) mass is 312 g/mol. The van der Waals surface area contributed by atoms with Gasteiger partial charge in [0.05, 0.1) is 11.3 Å². The summed E-state index contributed by atoms with van der Waals surface area (Å²) in [6.45, 7) is 1.92. The Morgan fingerprint density at radius 3 is 2.04 bits per heavy atom. The molecule has 0 spiro atoms. The molecule has 0 N–H and O–H groups in total. The van der Waals surface area contributed by atoms with E-state index in [2.05, 4.69) is 0 Å². The molecule has 0 aliphatic rings. The van der Waals surface area contributed by atoms with Crippen LogP contribution in [0.4, 0.5) is 0 Å². The first-order valence-corrected chi connectivity index (χ1v) is 7.89. The molecule has 3 heteroatoms. The fourth-order valence-electron chi connectivity index (χ4n) is 3.01. The summed E-state index contributed by atoms with van der Waals surface area (Å²) >= 11 is 0. The zero-order valence-electron chi connectivity index (χ0n) is 13.3. The van der Waals surface area contributed by atoms with Crippen molar-refractivity contribution in [2.24, 2.45) is 0 Å². The lowest BCUT2D eigenvalue weighted by atomic mass is 10.0. The van der Waals surface area contributed by atoms with Crippen molar-refractivity contribution in [2.45, 2.75) is 6.92 Å². The van der Waals surface area contributed by atoms with E-state index < -0.39 is 0 Å². The van der Waals surface area contributed by atoms with E-state index in [1.54, 1.807) is 4.40 Å². The molecule has 0 unspecified atom stereocenters. The van der Waals surface area contributed by atoms with Gasteiger partial charge in [-0.2, -0.15) is 0 Å². The average Bonchev–Trinajstić information content (AvgIpc) is 2.63. The van der Waals surface area contributed by atoms with Gasteiger partial charge in [-0.15, -0.1) is 0 Å². The van der Waals surface area contributed by atoms with Crippen LogP contribution in [0, 0.1) is 6.92 Å². The van der Waals surface area contributed by atoms with Crippen molar-refractivity contribution < 1.29 is 0 Å². The number of pyridine rings is 1. The topological polar surface area (TPSA) is 34.4 Å². The Labute approximate surface area is 139 Å². The van der Waals surface area contributed by atoms with Gasteiger partial charge in [0.2, 0.25) is 0 Å². The molecule has 2 aromatic heterocycles. The van der Waals surface area contributed by atoms with Crippen molar-refractivity contribution in [3.63, 3.8) is 0 Å². The van der Waals surface area contributed by atoms with Gasteiger partial charge >= 0.3 is 0 Å². The lowest BCUT2D eigenvalue weighted by Gasteiger charge is -2.13. The minimum Gasteiger partial charge on any atom is -0.268 e. The maximum absolute atomic E-state index is 13.3. The Bertz CT molecular complexity index is 1070. The molecule has 116 valence electrons. The minimum atomic E-state index is -0.0387. The lowest BCUT2D eigenvalue weighted by molar-refractivity contribution is 0.996. The van der Waals surface area contributed by atoms with Gasteiger partial charge in [0.1, 0.15) is 5.65 Å². The van der Waals surface area contributed by atoms with Crippen LogP contribution in [0.25, 0.3) is 28.0 Å². The predicted octanol–water partition coefficient (Wildman–Crippen LogP) is 4.34. The SMILES string of the molecule is Cc1cccc2nc(-c3ccccc3)c(-c3ccccc3)c(=O)n12. The first-order chi connectivity index (χ1) is 11.8. The molecule has 0 radical (unpaired) electrons. The normalized spacial score (nSPS) is 10.9. The molecule has 0 aliphatic carbocycles. The van der Waals surface area contributed by atoms with Crippen LogP contribution in [0.1, 0.15) is 5.69 Å². The molecule has 0 bridgehead atoms. The van der Waals surface area contributed by atoms with Crippen LogP contribution in [0.5, 0.6) is 0 Å². The third kappa shape index (κ3) is 2.31. The van der Waals surface area contributed by atoms with E-state index in [0.29, 0.717) is 11.2 Å². The summed E-state index contributed by atoms with van der Waals surface area (Å²) in [5, 5.41) is 0. The molecular weight excluding hydrogens is 296 g/mol. The standard InChI is InChI=1S/C21H16N2O/c1-15-9-8-14-18-22-20(17-12-6-3-7-13-17)19(21(24)23(15)18)16-10-4-2-5-11-16/h2-14H,1H3. The van der Waals surface area contributed by atoms with Crippen molar-refractivity contribution in [1.82, 2.24) is 9.38 Å². The van der Waals surface area contributed by atoms with E-state index >= 15 is 0 Å². The van der Waals surface area contributed by atoms with E-state index in [4.69, 9.17) is 4.98 Å². The molecule has 24 heavy (non-hydrogen) atoms. The number of aromatic nitrogens is 2. The number of hydrogen-bond acceptors (Lipinski definition) is 2. The summed E-state index contributed by atoms with van der Waals surface area (Å²) in [6, 6.07) is 25.3. The largest absolute Gasteiger partial charge is 0.268 e. The van der Waals surface area contributed by atoms with Crippen LogP contribution in [-0.4, -0.2) is 9.38 Å². The predicted molar refractivity (Wildman–Crippen MR) is 97.1 cm³/mol. The molecule has 0 saturated heterocycles.